The highest BCUT2D eigenvalue weighted by atomic mass is 16.2. The van der Waals surface area contributed by atoms with Gasteiger partial charge in [0.1, 0.15) is 5.69 Å². The molecule has 1 saturated carbocycles. The quantitative estimate of drug-likeness (QED) is 0.621. The summed E-state index contributed by atoms with van der Waals surface area (Å²) in [6, 6.07) is 6.94. The molecule has 3 aliphatic heterocycles. The number of piperidine rings is 1. The molecule has 2 aromatic rings. The predicted octanol–water partition coefficient (Wildman–Crippen LogP) is 0.618. The van der Waals surface area contributed by atoms with Gasteiger partial charge in [-0.15, -0.1) is 5.10 Å². The molecule has 6 rings (SSSR count). The Balaban J connectivity index is 1.21. The maximum atomic E-state index is 13.5. The minimum atomic E-state index is -0.830. The van der Waals surface area contributed by atoms with E-state index in [0.717, 1.165) is 12.8 Å². The molecule has 4 fully saturated rings. The number of carbonyl (C=O) groups excluding carboxylic acids is 5. The molecule has 1 aromatic carbocycles. The first kappa shape index (κ1) is 22.6. The van der Waals surface area contributed by atoms with E-state index in [1.54, 1.807) is 35.4 Å². The second kappa shape index (κ2) is 8.07. The second-order valence-electron chi connectivity index (χ2n) is 10.3. The fourth-order valence-corrected chi connectivity index (χ4v) is 6.38. The zero-order chi connectivity index (χ0) is 25.1. The lowest BCUT2D eigenvalue weighted by Crippen LogP contribution is -2.46. The number of amides is 4. The molecule has 36 heavy (non-hydrogen) atoms. The molecule has 1 aromatic heterocycles. The Kier molecular flexibility index (Phi) is 5.06. The summed E-state index contributed by atoms with van der Waals surface area (Å²) in [6.45, 7) is 0.750. The van der Waals surface area contributed by atoms with Gasteiger partial charge in [0.25, 0.3) is 5.91 Å². The highest BCUT2D eigenvalue weighted by molar-refractivity contribution is 6.11. The van der Waals surface area contributed by atoms with Gasteiger partial charge in [0.2, 0.25) is 17.7 Å². The van der Waals surface area contributed by atoms with Crippen molar-refractivity contribution < 1.29 is 24.0 Å². The molecule has 1 N–H and O–H groups in total. The van der Waals surface area contributed by atoms with Gasteiger partial charge in [-0.25, -0.2) is 4.68 Å². The van der Waals surface area contributed by atoms with Crippen LogP contribution in [-0.4, -0.2) is 73.8 Å². The number of nitrogens with one attached hydrogen (secondary N) is 1. The Labute approximate surface area is 206 Å². The van der Waals surface area contributed by atoms with Crippen molar-refractivity contribution in [1.29, 1.82) is 0 Å². The molecular formula is C25H26N6O5. The van der Waals surface area contributed by atoms with E-state index in [1.165, 1.54) is 9.58 Å². The van der Waals surface area contributed by atoms with Crippen LogP contribution < -0.4 is 5.32 Å². The Morgan fingerprint density at radius 2 is 1.72 bits per heavy atom. The van der Waals surface area contributed by atoms with Crippen LogP contribution in [0.3, 0.4) is 0 Å². The summed E-state index contributed by atoms with van der Waals surface area (Å²) in [5.74, 6) is -0.790. The van der Waals surface area contributed by atoms with Gasteiger partial charge in [-0.3, -0.25) is 29.3 Å². The first-order valence-corrected chi connectivity index (χ1v) is 12.3. The van der Waals surface area contributed by atoms with Crippen molar-refractivity contribution in [1.82, 2.24) is 30.1 Å². The van der Waals surface area contributed by atoms with E-state index in [4.69, 9.17) is 0 Å². The Hall–Kier alpha value is -3.89. The highest BCUT2D eigenvalue weighted by Crippen LogP contribution is 2.58. The van der Waals surface area contributed by atoms with Crippen LogP contribution in [0.1, 0.15) is 54.6 Å². The molecule has 2 atom stereocenters. The van der Waals surface area contributed by atoms with Crippen molar-refractivity contribution in [2.24, 2.45) is 10.8 Å². The molecule has 1 aliphatic carbocycles. The van der Waals surface area contributed by atoms with Crippen molar-refractivity contribution in [2.45, 2.75) is 45.1 Å². The van der Waals surface area contributed by atoms with Crippen LogP contribution in [0.2, 0.25) is 0 Å². The number of hydrogen-bond donors (Lipinski definition) is 1. The number of aromatic nitrogens is 3. The monoisotopic (exact) mass is 490 g/mol. The van der Waals surface area contributed by atoms with Gasteiger partial charge in [0.15, 0.2) is 5.78 Å². The molecule has 11 nitrogen and oxygen atoms in total. The van der Waals surface area contributed by atoms with E-state index < -0.39 is 10.8 Å². The Morgan fingerprint density at radius 3 is 2.44 bits per heavy atom. The summed E-state index contributed by atoms with van der Waals surface area (Å²) < 4.78 is 1.52. The summed E-state index contributed by atoms with van der Waals surface area (Å²) in [5.41, 5.74) is -0.0804. The van der Waals surface area contributed by atoms with Crippen LogP contribution in [0.25, 0.3) is 5.69 Å². The second-order valence-corrected chi connectivity index (χ2v) is 10.3. The molecule has 0 radical (unpaired) electrons. The minimum absolute atomic E-state index is 0.0253. The van der Waals surface area contributed by atoms with Gasteiger partial charge in [-0.1, -0.05) is 24.1 Å². The van der Waals surface area contributed by atoms with Crippen LogP contribution in [0.15, 0.2) is 30.5 Å². The Morgan fingerprint density at radius 1 is 1.00 bits per heavy atom. The number of carbonyl (C=O) groups is 5. The number of rotatable bonds is 4. The lowest BCUT2D eigenvalue weighted by Gasteiger charge is -2.38. The van der Waals surface area contributed by atoms with E-state index >= 15 is 0 Å². The van der Waals surface area contributed by atoms with E-state index in [-0.39, 0.29) is 68.4 Å². The summed E-state index contributed by atoms with van der Waals surface area (Å²) in [6.07, 6.45) is 5.12. The zero-order valence-electron chi connectivity index (χ0n) is 19.7. The Bertz CT molecular complexity index is 1290. The normalized spacial score (nSPS) is 27.8. The molecule has 4 heterocycles. The maximum Gasteiger partial charge on any atom is 0.253 e. The average molecular weight is 491 g/mol. The standard InChI is InChI=1S/C25H26N6O5/c32-19-6-7-20(33)29(13-19)11-17-12-31(28-27-17)18-5-3-4-16(10-18)21(34)30-14-24-8-1-2-9-25(24,15-30)23(36)26-22(24)35/h3-5,10,12H,1-2,6-9,11,13-15H2,(H,26,35,36). The molecule has 4 amide bonds. The zero-order valence-corrected chi connectivity index (χ0v) is 19.7. The van der Waals surface area contributed by atoms with Crippen LogP contribution in [0, 0.1) is 10.8 Å². The van der Waals surface area contributed by atoms with Crippen LogP contribution >= 0.6 is 0 Å². The van der Waals surface area contributed by atoms with Gasteiger partial charge >= 0.3 is 0 Å². The molecule has 0 spiro atoms. The van der Waals surface area contributed by atoms with E-state index in [2.05, 4.69) is 15.6 Å². The smallest absolute Gasteiger partial charge is 0.253 e. The third-order valence-electron chi connectivity index (χ3n) is 8.27. The lowest BCUT2D eigenvalue weighted by atomic mass is 9.59. The average Bonchev–Trinajstić information content (AvgIpc) is 3.54. The number of Topliss-reactive ketones (excluding diaryl/α,β-unsaturated/α-hetero) is 1. The van der Waals surface area contributed by atoms with Crippen molar-refractivity contribution in [2.75, 3.05) is 19.6 Å². The van der Waals surface area contributed by atoms with Crippen molar-refractivity contribution in [3.8, 4) is 5.69 Å². The van der Waals surface area contributed by atoms with Crippen molar-refractivity contribution in [3.63, 3.8) is 0 Å². The van der Waals surface area contributed by atoms with Crippen molar-refractivity contribution in [3.05, 3.63) is 41.7 Å². The number of nitrogens with zero attached hydrogens (tertiary/aromatic N) is 5. The summed E-state index contributed by atoms with van der Waals surface area (Å²) >= 11 is 0. The largest absolute Gasteiger partial charge is 0.336 e. The molecule has 11 heteroatoms. The number of imide groups is 1. The third-order valence-corrected chi connectivity index (χ3v) is 8.27. The SMILES string of the molecule is O=C1CCC(=O)N(Cc2cn(-c3cccc(C(=O)N4CC56CCCCC5(C4)C(=O)NC6=O)c3)nn2)C1. The van der Waals surface area contributed by atoms with Crippen LogP contribution in [0.5, 0.6) is 0 Å². The molecular weight excluding hydrogens is 464 g/mol. The molecule has 186 valence electrons. The number of likely N-dealkylation sites (tertiary alicyclic amines) is 2. The molecule has 0 bridgehead atoms. The molecule has 3 saturated heterocycles. The fourth-order valence-electron chi connectivity index (χ4n) is 6.38. The van der Waals surface area contributed by atoms with E-state index in [1.807, 2.05) is 0 Å². The summed E-state index contributed by atoms with van der Waals surface area (Å²) in [5, 5.41) is 10.8. The topological polar surface area (TPSA) is 135 Å². The first-order chi connectivity index (χ1) is 17.3. The van der Waals surface area contributed by atoms with Gasteiger partial charge in [-0.2, -0.15) is 0 Å². The predicted molar refractivity (Wildman–Crippen MR) is 123 cm³/mol. The first-order valence-electron chi connectivity index (χ1n) is 12.3. The van der Waals surface area contributed by atoms with Gasteiger partial charge in [0.05, 0.1) is 35.8 Å². The summed E-state index contributed by atoms with van der Waals surface area (Å²) in [7, 11) is 0. The van der Waals surface area contributed by atoms with E-state index in [9.17, 15) is 24.0 Å². The summed E-state index contributed by atoms with van der Waals surface area (Å²) in [4.78, 5) is 66.1. The minimum Gasteiger partial charge on any atom is -0.336 e. The number of benzene rings is 1. The number of hydrogen-bond acceptors (Lipinski definition) is 7. The van der Waals surface area contributed by atoms with Crippen LogP contribution in [0.4, 0.5) is 0 Å². The lowest BCUT2D eigenvalue weighted by molar-refractivity contribution is -0.140. The maximum absolute atomic E-state index is 13.5. The van der Waals surface area contributed by atoms with Gasteiger partial charge in [-0.05, 0) is 31.0 Å². The fraction of sp³-hybridized carbons (Fsp3) is 0.480. The molecule has 2 unspecified atom stereocenters. The van der Waals surface area contributed by atoms with Gasteiger partial charge < -0.3 is 9.80 Å². The molecule has 4 aliphatic rings. The number of ketones is 1. The van der Waals surface area contributed by atoms with Crippen LogP contribution in [-0.2, 0) is 25.7 Å². The highest BCUT2D eigenvalue weighted by Gasteiger charge is 2.71. The van der Waals surface area contributed by atoms with Gasteiger partial charge in [0, 0.05) is 31.5 Å². The third kappa shape index (κ3) is 3.29. The van der Waals surface area contributed by atoms with Crippen molar-refractivity contribution >= 4 is 29.4 Å². The van der Waals surface area contributed by atoms with E-state index in [0.29, 0.717) is 29.8 Å².